The first-order valence-electron chi connectivity index (χ1n) is 10.9. The van der Waals surface area contributed by atoms with E-state index >= 15 is 0 Å². The molecule has 1 N–H and O–H groups in total. The van der Waals surface area contributed by atoms with Crippen LogP contribution in [0.1, 0.15) is 47.2 Å². The van der Waals surface area contributed by atoms with E-state index in [1.807, 2.05) is 0 Å². The van der Waals surface area contributed by atoms with Gasteiger partial charge in [0.05, 0.1) is 18.1 Å². The molecule has 0 spiro atoms. The molecule has 31 heavy (non-hydrogen) atoms. The van der Waals surface area contributed by atoms with E-state index in [0.717, 1.165) is 25.7 Å². The minimum absolute atomic E-state index is 0.0564. The number of nitrogens with one attached hydrogen (secondary N) is 1. The third kappa shape index (κ3) is 4.68. The zero-order valence-electron chi connectivity index (χ0n) is 18.0. The Morgan fingerprint density at radius 2 is 1.77 bits per heavy atom. The Morgan fingerprint density at radius 3 is 2.48 bits per heavy atom. The van der Waals surface area contributed by atoms with Crippen LogP contribution < -0.4 is 5.32 Å². The quantitative estimate of drug-likeness (QED) is 0.745. The van der Waals surface area contributed by atoms with Crippen LogP contribution in [0, 0.1) is 6.92 Å². The zero-order chi connectivity index (χ0) is 21.9. The standard InChI is InChI=1S/C24H30N2O4S/c1-19-6-4-8-21(16-19)24(10-2-3-11-24)18-25-23(27)20-7-5-9-22(17-20)31(28,29)26-12-14-30-15-13-26/h4-9,16-17H,2-3,10-15,18H2,1H3,(H,25,27). The smallest absolute Gasteiger partial charge is 0.251 e. The number of amides is 1. The number of aryl methyl sites for hydroxylation is 1. The van der Waals surface area contributed by atoms with E-state index in [9.17, 15) is 13.2 Å². The van der Waals surface area contributed by atoms with Gasteiger partial charge in [-0.3, -0.25) is 4.79 Å². The van der Waals surface area contributed by atoms with Crippen molar-refractivity contribution in [1.82, 2.24) is 9.62 Å². The van der Waals surface area contributed by atoms with Crippen LogP contribution in [0.4, 0.5) is 0 Å². The summed E-state index contributed by atoms with van der Waals surface area (Å²) in [6.07, 6.45) is 4.39. The zero-order valence-corrected chi connectivity index (χ0v) is 18.8. The first-order valence-corrected chi connectivity index (χ1v) is 12.4. The molecule has 4 rings (SSSR count). The molecule has 0 radical (unpaired) electrons. The molecule has 6 nitrogen and oxygen atoms in total. The minimum atomic E-state index is -3.64. The summed E-state index contributed by atoms with van der Waals surface area (Å²) in [4.78, 5) is 13.1. The summed E-state index contributed by atoms with van der Waals surface area (Å²) in [7, 11) is -3.64. The molecule has 166 valence electrons. The number of carbonyl (C=O) groups excluding carboxylic acids is 1. The van der Waals surface area contributed by atoms with Crippen LogP contribution in [-0.4, -0.2) is 51.5 Å². The van der Waals surface area contributed by atoms with E-state index in [4.69, 9.17) is 4.74 Å². The average molecular weight is 443 g/mol. The number of rotatable bonds is 6. The molecule has 2 aromatic carbocycles. The average Bonchev–Trinajstić information content (AvgIpc) is 3.28. The van der Waals surface area contributed by atoms with Gasteiger partial charge in [0.25, 0.3) is 5.91 Å². The molecule has 1 saturated carbocycles. The highest BCUT2D eigenvalue weighted by Crippen LogP contribution is 2.41. The Kier molecular flexibility index (Phi) is 6.46. The summed E-state index contributed by atoms with van der Waals surface area (Å²) < 4.78 is 32.5. The van der Waals surface area contributed by atoms with Crippen molar-refractivity contribution in [3.05, 3.63) is 65.2 Å². The third-order valence-electron chi connectivity index (χ3n) is 6.48. The van der Waals surface area contributed by atoms with Crippen LogP contribution in [0.3, 0.4) is 0 Å². The van der Waals surface area contributed by atoms with Gasteiger partial charge in [0.2, 0.25) is 10.0 Å². The van der Waals surface area contributed by atoms with Crippen LogP contribution in [0.15, 0.2) is 53.4 Å². The number of ether oxygens (including phenoxy) is 1. The molecule has 0 bridgehead atoms. The second-order valence-corrected chi connectivity index (χ2v) is 10.5. The summed E-state index contributed by atoms with van der Waals surface area (Å²) in [6.45, 7) is 4.08. The Morgan fingerprint density at radius 1 is 1.06 bits per heavy atom. The number of carbonyl (C=O) groups is 1. The Hall–Kier alpha value is -2.22. The molecule has 1 saturated heterocycles. The molecule has 1 aliphatic carbocycles. The molecule has 0 atom stereocenters. The summed E-state index contributed by atoms with van der Waals surface area (Å²) in [5.41, 5.74) is 2.80. The largest absolute Gasteiger partial charge is 0.379 e. The van der Waals surface area contributed by atoms with Gasteiger partial charge in [-0.15, -0.1) is 0 Å². The summed E-state index contributed by atoms with van der Waals surface area (Å²) in [6, 6.07) is 14.9. The fourth-order valence-corrected chi connectivity index (χ4v) is 6.13. The van der Waals surface area contributed by atoms with Gasteiger partial charge >= 0.3 is 0 Å². The van der Waals surface area contributed by atoms with Gasteiger partial charge in [0.15, 0.2) is 0 Å². The molecule has 2 fully saturated rings. The van der Waals surface area contributed by atoms with Crippen LogP contribution in [-0.2, 0) is 20.2 Å². The fourth-order valence-electron chi connectivity index (χ4n) is 4.68. The normalized spacial score (nSPS) is 19.3. The third-order valence-corrected chi connectivity index (χ3v) is 8.38. The Balaban J connectivity index is 1.50. The maximum absolute atomic E-state index is 13.0. The highest BCUT2D eigenvalue weighted by Gasteiger charge is 2.36. The number of sulfonamides is 1. The topological polar surface area (TPSA) is 75.7 Å². The molecular weight excluding hydrogens is 412 g/mol. The number of hydrogen-bond donors (Lipinski definition) is 1. The number of hydrogen-bond acceptors (Lipinski definition) is 4. The predicted octanol–water partition coefficient (Wildman–Crippen LogP) is 3.26. The first kappa shape index (κ1) is 22.0. The molecule has 1 amide bonds. The maximum Gasteiger partial charge on any atom is 0.251 e. The fraction of sp³-hybridized carbons (Fsp3) is 0.458. The minimum Gasteiger partial charge on any atom is -0.379 e. The lowest BCUT2D eigenvalue weighted by Gasteiger charge is -2.30. The van der Waals surface area contributed by atoms with Crippen LogP contribution in [0.25, 0.3) is 0 Å². The Labute approximate surface area is 184 Å². The van der Waals surface area contributed by atoms with Crippen molar-refractivity contribution in [2.75, 3.05) is 32.8 Å². The molecule has 1 aliphatic heterocycles. The molecule has 0 aromatic heterocycles. The SMILES string of the molecule is Cc1cccc(C2(CNC(=O)c3cccc(S(=O)(=O)N4CCOCC4)c3)CCCC2)c1. The summed E-state index contributed by atoms with van der Waals surface area (Å²) in [5.74, 6) is -0.238. The molecule has 1 heterocycles. The number of nitrogens with zero attached hydrogens (tertiary/aromatic N) is 1. The second kappa shape index (κ2) is 9.10. The number of morpholine rings is 1. The summed E-state index contributed by atoms with van der Waals surface area (Å²) in [5, 5.41) is 3.09. The van der Waals surface area contributed by atoms with Crippen molar-refractivity contribution in [2.45, 2.75) is 42.9 Å². The van der Waals surface area contributed by atoms with Gasteiger partial charge in [-0.1, -0.05) is 48.7 Å². The van der Waals surface area contributed by atoms with E-state index in [2.05, 4.69) is 36.5 Å². The Bertz CT molecular complexity index is 1040. The lowest BCUT2D eigenvalue weighted by molar-refractivity contribution is 0.0730. The lowest BCUT2D eigenvalue weighted by Crippen LogP contribution is -2.41. The highest BCUT2D eigenvalue weighted by molar-refractivity contribution is 7.89. The molecule has 2 aromatic rings. The van der Waals surface area contributed by atoms with E-state index in [0.29, 0.717) is 38.4 Å². The summed E-state index contributed by atoms with van der Waals surface area (Å²) >= 11 is 0. The molecule has 0 unspecified atom stereocenters. The van der Waals surface area contributed by atoms with E-state index < -0.39 is 10.0 Å². The van der Waals surface area contributed by atoms with Crippen molar-refractivity contribution in [3.63, 3.8) is 0 Å². The maximum atomic E-state index is 13.0. The van der Waals surface area contributed by atoms with Crippen LogP contribution >= 0.6 is 0 Å². The molecular formula is C24H30N2O4S. The van der Waals surface area contributed by atoms with E-state index in [-0.39, 0.29) is 16.2 Å². The van der Waals surface area contributed by atoms with Crippen LogP contribution in [0.5, 0.6) is 0 Å². The van der Waals surface area contributed by atoms with Crippen molar-refractivity contribution in [1.29, 1.82) is 0 Å². The van der Waals surface area contributed by atoms with Gasteiger partial charge < -0.3 is 10.1 Å². The van der Waals surface area contributed by atoms with Gasteiger partial charge in [-0.05, 0) is 43.5 Å². The number of benzene rings is 2. The first-order chi connectivity index (χ1) is 14.9. The lowest BCUT2D eigenvalue weighted by atomic mass is 9.78. The van der Waals surface area contributed by atoms with E-state index in [1.54, 1.807) is 18.2 Å². The van der Waals surface area contributed by atoms with Crippen molar-refractivity contribution >= 4 is 15.9 Å². The van der Waals surface area contributed by atoms with Gasteiger partial charge in [-0.2, -0.15) is 4.31 Å². The van der Waals surface area contributed by atoms with Crippen molar-refractivity contribution in [2.24, 2.45) is 0 Å². The van der Waals surface area contributed by atoms with Gasteiger partial charge in [0.1, 0.15) is 0 Å². The second-order valence-electron chi connectivity index (χ2n) is 8.58. The molecule has 7 heteroatoms. The van der Waals surface area contributed by atoms with Crippen molar-refractivity contribution in [3.8, 4) is 0 Å². The van der Waals surface area contributed by atoms with Gasteiger partial charge in [0, 0.05) is 30.6 Å². The van der Waals surface area contributed by atoms with Crippen LogP contribution in [0.2, 0.25) is 0 Å². The molecule has 2 aliphatic rings. The van der Waals surface area contributed by atoms with E-state index in [1.165, 1.54) is 21.5 Å². The van der Waals surface area contributed by atoms with Crippen molar-refractivity contribution < 1.29 is 17.9 Å². The monoisotopic (exact) mass is 442 g/mol. The van der Waals surface area contributed by atoms with Gasteiger partial charge in [-0.25, -0.2) is 8.42 Å². The predicted molar refractivity (Wildman–Crippen MR) is 120 cm³/mol. The highest BCUT2D eigenvalue weighted by atomic mass is 32.2.